The molecule has 0 unspecified atom stereocenters. The molecular formula is C17H17NOS2. The van der Waals surface area contributed by atoms with Crippen molar-refractivity contribution in [3.63, 3.8) is 0 Å². The van der Waals surface area contributed by atoms with Gasteiger partial charge in [-0.05, 0) is 11.1 Å². The summed E-state index contributed by atoms with van der Waals surface area (Å²) in [6.07, 6.45) is -0.452. The molecule has 2 bridgehead atoms. The van der Waals surface area contributed by atoms with Gasteiger partial charge in [0.05, 0.1) is 6.04 Å². The van der Waals surface area contributed by atoms with Gasteiger partial charge in [0, 0.05) is 11.8 Å². The molecule has 2 nitrogen and oxygen atoms in total. The molecule has 2 saturated heterocycles. The quantitative estimate of drug-likeness (QED) is 0.929. The van der Waals surface area contributed by atoms with Crippen LogP contribution in [0.4, 0.5) is 0 Å². The predicted molar refractivity (Wildman–Crippen MR) is 90.1 cm³/mol. The Labute approximate surface area is 133 Å². The molecular weight excluding hydrogens is 298 g/mol. The number of benzene rings is 2. The highest BCUT2D eigenvalue weighted by Gasteiger charge is 2.58. The lowest BCUT2D eigenvalue weighted by Gasteiger charge is -2.34. The molecule has 2 atom stereocenters. The molecule has 4 heteroatoms. The van der Waals surface area contributed by atoms with Crippen LogP contribution in [0.25, 0.3) is 0 Å². The van der Waals surface area contributed by atoms with Crippen molar-refractivity contribution in [1.29, 1.82) is 0 Å². The fourth-order valence-electron chi connectivity index (χ4n) is 3.26. The van der Waals surface area contributed by atoms with Gasteiger partial charge in [0.15, 0.2) is 0 Å². The summed E-state index contributed by atoms with van der Waals surface area (Å²) in [4.78, 5) is 2.47. The summed E-state index contributed by atoms with van der Waals surface area (Å²) in [7, 11) is 0. The van der Waals surface area contributed by atoms with Gasteiger partial charge in [-0.1, -0.05) is 60.7 Å². The summed E-state index contributed by atoms with van der Waals surface area (Å²) >= 11 is 3.77. The average Bonchev–Trinajstić information content (AvgIpc) is 3.12. The van der Waals surface area contributed by atoms with Gasteiger partial charge in [-0.3, -0.25) is 4.90 Å². The lowest BCUT2D eigenvalue weighted by atomic mass is 9.95. The third kappa shape index (κ3) is 2.13. The van der Waals surface area contributed by atoms with Crippen LogP contribution in [0, 0.1) is 0 Å². The minimum atomic E-state index is -0.452. The fourth-order valence-corrected chi connectivity index (χ4v) is 6.72. The van der Waals surface area contributed by atoms with Crippen LogP contribution in [-0.2, 0) is 0 Å². The van der Waals surface area contributed by atoms with Crippen molar-refractivity contribution in [3.8, 4) is 0 Å². The second-order valence-electron chi connectivity index (χ2n) is 5.48. The van der Waals surface area contributed by atoms with E-state index >= 15 is 0 Å². The van der Waals surface area contributed by atoms with Crippen molar-refractivity contribution < 1.29 is 5.11 Å². The molecule has 0 aromatic heterocycles. The fraction of sp³-hybridized carbons (Fsp3) is 0.294. The Morgan fingerprint density at radius 1 is 0.952 bits per heavy atom. The third-order valence-corrected chi connectivity index (χ3v) is 7.69. The van der Waals surface area contributed by atoms with Gasteiger partial charge >= 0.3 is 0 Å². The number of hydrogen-bond donors (Lipinski definition) is 1. The van der Waals surface area contributed by atoms with E-state index in [9.17, 15) is 5.11 Å². The number of aliphatic hydroxyl groups is 1. The van der Waals surface area contributed by atoms with E-state index in [1.54, 1.807) is 0 Å². The summed E-state index contributed by atoms with van der Waals surface area (Å²) in [6.45, 7) is 0. The molecule has 1 N–H and O–H groups in total. The Hall–Kier alpha value is -0.940. The highest BCUT2D eigenvalue weighted by molar-refractivity contribution is 8.19. The minimum Gasteiger partial charge on any atom is -0.386 e. The van der Waals surface area contributed by atoms with E-state index in [1.165, 1.54) is 5.56 Å². The van der Waals surface area contributed by atoms with Crippen LogP contribution in [0.3, 0.4) is 0 Å². The molecule has 0 spiro atoms. The molecule has 4 rings (SSSR count). The lowest BCUT2D eigenvalue weighted by Crippen LogP contribution is -2.32. The summed E-state index contributed by atoms with van der Waals surface area (Å²) in [5.41, 5.74) is 2.32. The molecule has 0 amide bonds. The first-order chi connectivity index (χ1) is 10.3. The van der Waals surface area contributed by atoms with E-state index in [2.05, 4.69) is 35.2 Å². The molecule has 0 saturated carbocycles. The maximum atomic E-state index is 11.1. The Balaban J connectivity index is 1.75. The van der Waals surface area contributed by atoms with Crippen LogP contribution in [0.2, 0.25) is 0 Å². The normalized spacial score (nSPS) is 32.2. The number of hydrogen-bond acceptors (Lipinski definition) is 4. The van der Waals surface area contributed by atoms with Crippen molar-refractivity contribution in [3.05, 3.63) is 71.8 Å². The van der Waals surface area contributed by atoms with Crippen LogP contribution in [0.5, 0.6) is 0 Å². The van der Waals surface area contributed by atoms with Gasteiger partial charge in [0.2, 0.25) is 0 Å². The van der Waals surface area contributed by atoms with Crippen LogP contribution >= 0.6 is 23.5 Å². The molecule has 0 radical (unpaired) electrons. The monoisotopic (exact) mass is 315 g/mol. The van der Waals surface area contributed by atoms with Gasteiger partial charge in [-0.15, -0.1) is 23.5 Å². The molecule has 2 heterocycles. The van der Waals surface area contributed by atoms with Crippen molar-refractivity contribution in [1.82, 2.24) is 4.90 Å². The molecule has 2 aromatic carbocycles. The maximum Gasteiger partial charge on any atom is 0.113 e. The smallest absolute Gasteiger partial charge is 0.113 e. The first-order valence-corrected chi connectivity index (χ1v) is 9.08. The van der Waals surface area contributed by atoms with Gasteiger partial charge in [0.25, 0.3) is 0 Å². The van der Waals surface area contributed by atoms with Crippen molar-refractivity contribution in [2.75, 3.05) is 11.8 Å². The Kier molecular flexibility index (Phi) is 3.50. The number of nitrogens with zero attached hydrogens (tertiary/aromatic N) is 1. The third-order valence-electron chi connectivity index (χ3n) is 4.27. The topological polar surface area (TPSA) is 23.5 Å². The van der Waals surface area contributed by atoms with E-state index in [-0.39, 0.29) is 10.1 Å². The molecule has 108 valence electrons. The van der Waals surface area contributed by atoms with Crippen LogP contribution < -0.4 is 0 Å². The van der Waals surface area contributed by atoms with Crippen molar-refractivity contribution in [2.45, 2.75) is 16.2 Å². The van der Waals surface area contributed by atoms with E-state index in [0.29, 0.717) is 0 Å². The number of rotatable bonds is 3. The molecule has 2 aromatic rings. The summed E-state index contributed by atoms with van der Waals surface area (Å²) in [5.74, 6) is 1.99. The minimum absolute atomic E-state index is 0.192. The summed E-state index contributed by atoms with van der Waals surface area (Å²) < 4.78 is -0.192. The first kappa shape index (κ1) is 13.7. The van der Waals surface area contributed by atoms with Crippen LogP contribution in [-0.4, -0.2) is 25.8 Å². The van der Waals surface area contributed by atoms with Gasteiger partial charge in [0.1, 0.15) is 10.2 Å². The lowest BCUT2D eigenvalue weighted by molar-refractivity contribution is 0.135. The second-order valence-corrected chi connectivity index (χ2v) is 8.19. The van der Waals surface area contributed by atoms with Crippen molar-refractivity contribution in [2.24, 2.45) is 0 Å². The molecule has 21 heavy (non-hydrogen) atoms. The highest BCUT2D eigenvalue weighted by atomic mass is 32.2. The summed E-state index contributed by atoms with van der Waals surface area (Å²) in [5, 5.41) is 11.1. The maximum absolute atomic E-state index is 11.1. The first-order valence-electron chi connectivity index (χ1n) is 7.11. The van der Waals surface area contributed by atoms with E-state index < -0.39 is 6.10 Å². The van der Waals surface area contributed by atoms with E-state index in [4.69, 9.17) is 0 Å². The zero-order chi connectivity index (χ0) is 14.3. The van der Waals surface area contributed by atoms with Gasteiger partial charge in [-0.25, -0.2) is 0 Å². The number of fused-ring (bicyclic) bond motifs is 2. The zero-order valence-electron chi connectivity index (χ0n) is 11.6. The summed E-state index contributed by atoms with van der Waals surface area (Å²) in [6, 6.07) is 20.9. The second kappa shape index (κ2) is 5.36. The standard InChI is InChI=1S/C17H17NOS2/c19-16(14-9-5-2-6-10-14)17-15(13-7-3-1-4-8-13)18(11-20-17)12-21-17/h1-10,15-16,19H,11-12H2/t15-,16+/m1/s1. The van der Waals surface area contributed by atoms with Crippen molar-refractivity contribution >= 4 is 23.5 Å². The SMILES string of the molecule is O[C@@H](c1ccccc1)C12SCN(CS1)[C@@H]2c1ccccc1. The predicted octanol–water partition coefficient (Wildman–Crippen LogP) is 3.87. The average molecular weight is 315 g/mol. The zero-order valence-corrected chi connectivity index (χ0v) is 13.2. The van der Waals surface area contributed by atoms with E-state index in [1.807, 2.05) is 53.9 Å². The van der Waals surface area contributed by atoms with Crippen LogP contribution in [0.15, 0.2) is 60.7 Å². The Morgan fingerprint density at radius 3 is 2.14 bits per heavy atom. The molecule has 2 aliphatic rings. The van der Waals surface area contributed by atoms with Gasteiger partial charge < -0.3 is 5.11 Å². The number of aliphatic hydroxyl groups excluding tert-OH is 1. The van der Waals surface area contributed by atoms with Gasteiger partial charge in [-0.2, -0.15) is 0 Å². The Bertz CT molecular complexity index is 611. The molecule has 2 aliphatic heterocycles. The Morgan fingerprint density at radius 2 is 1.52 bits per heavy atom. The van der Waals surface area contributed by atoms with E-state index in [0.717, 1.165) is 17.3 Å². The number of thioether (sulfide) groups is 2. The molecule has 0 aliphatic carbocycles. The largest absolute Gasteiger partial charge is 0.386 e. The molecule has 2 fully saturated rings. The highest BCUT2D eigenvalue weighted by Crippen LogP contribution is 2.65. The van der Waals surface area contributed by atoms with Crippen LogP contribution in [0.1, 0.15) is 23.3 Å².